The molecule has 3 heterocycles. The van der Waals surface area contributed by atoms with Gasteiger partial charge in [-0.15, -0.1) is 0 Å². The zero-order valence-corrected chi connectivity index (χ0v) is 16.3. The number of rotatable bonds is 4. The van der Waals surface area contributed by atoms with Crippen molar-refractivity contribution < 1.29 is 27.8 Å². The quantitative estimate of drug-likeness (QED) is 0.809. The van der Waals surface area contributed by atoms with Crippen LogP contribution in [0.5, 0.6) is 5.75 Å². The van der Waals surface area contributed by atoms with Gasteiger partial charge in [0.25, 0.3) is 0 Å². The van der Waals surface area contributed by atoms with Crippen LogP contribution in [0.1, 0.15) is 56.8 Å². The summed E-state index contributed by atoms with van der Waals surface area (Å²) in [5.74, 6) is 0.120. The molecule has 2 aliphatic rings. The van der Waals surface area contributed by atoms with Gasteiger partial charge in [0, 0.05) is 49.2 Å². The van der Waals surface area contributed by atoms with Crippen LogP contribution in [0, 0.1) is 0 Å². The highest BCUT2D eigenvalue weighted by atomic mass is 19.4. The Morgan fingerprint density at radius 1 is 1.34 bits per heavy atom. The summed E-state index contributed by atoms with van der Waals surface area (Å²) in [6.45, 7) is 3.70. The molecule has 0 bridgehead atoms. The number of aromatic nitrogens is 2. The number of carbonyl (C=O) groups is 1. The minimum absolute atomic E-state index is 0.0209. The summed E-state index contributed by atoms with van der Waals surface area (Å²) in [4.78, 5) is 16.1. The van der Waals surface area contributed by atoms with E-state index in [0.717, 1.165) is 10.5 Å². The highest BCUT2D eigenvalue weighted by Gasteiger charge is 2.41. The van der Waals surface area contributed by atoms with Crippen LogP contribution in [0.2, 0.25) is 0 Å². The lowest BCUT2D eigenvalue weighted by molar-refractivity contribution is -0.142. The second-order valence-electron chi connectivity index (χ2n) is 8.59. The van der Waals surface area contributed by atoms with Gasteiger partial charge < -0.3 is 15.2 Å². The fourth-order valence-electron chi connectivity index (χ4n) is 4.31. The molecule has 2 aromatic rings. The maximum atomic E-state index is 13.6. The predicted octanol–water partition coefficient (Wildman–Crippen LogP) is 3.07. The number of pyridine rings is 1. The molecule has 2 aromatic heterocycles. The number of Topliss-reactive ketones (excluding diaryl/α,β-unsaturated/α-hetero) is 1. The number of alkyl halides is 3. The molecule has 158 valence electrons. The number of nitrogens with one attached hydrogen (secondary N) is 1. The monoisotopic (exact) mass is 411 g/mol. The maximum absolute atomic E-state index is 13.6. The van der Waals surface area contributed by atoms with Gasteiger partial charge in [-0.1, -0.05) is 0 Å². The normalized spacial score (nSPS) is 30.4. The van der Waals surface area contributed by atoms with Gasteiger partial charge in [-0.05, 0) is 26.7 Å². The fraction of sp³-hybridized carbons (Fsp3) is 0.600. The number of ketones is 1. The van der Waals surface area contributed by atoms with Crippen LogP contribution in [-0.4, -0.2) is 44.6 Å². The van der Waals surface area contributed by atoms with E-state index < -0.39 is 17.5 Å². The standard InChI is InChI=1S/C20H24F3N3O3/c1-11-3-14(27)4-13(24-11)10-29-15-5-17(20(21,22)23)26-9-16(25-18(26)6-15)12-7-19(2,28)8-12/h5-6,9,11-13,24,28H,3-4,7-8,10H2,1-2H3/t11-,12?,13-,19?/m0/s1. The molecule has 2 fully saturated rings. The molecule has 0 amide bonds. The van der Waals surface area contributed by atoms with E-state index >= 15 is 0 Å². The van der Waals surface area contributed by atoms with E-state index in [1.807, 2.05) is 6.92 Å². The molecule has 29 heavy (non-hydrogen) atoms. The molecule has 2 atom stereocenters. The van der Waals surface area contributed by atoms with Crippen LogP contribution < -0.4 is 10.1 Å². The number of imidazole rings is 1. The molecule has 6 nitrogen and oxygen atoms in total. The lowest BCUT2D eigenvalue weighted by atomic mass is 9.71. The number of hydrogen-bond acceptors (Lipinski definition) is 5. The number of ether oxygens (including phenoxy) is 1. The van der Waals surface area contributed by atoms with Crippen molar-refractivity contribution >= 4 is 11.4 Å². The highest BCUT2D eigenvalue weighted by molar-refractivity contribution is 5.80. The van der Waals surface area contributed by atoms with E-state index in [1.54, 1.807) is 6.92 Å². The van der Waals surface area contributed by atoms with Gasteiger partial charge in [-0.25, -0.2) is 4.98 Å². The highest BCUT2D eigenvalue weighted by Crippen LogP contribution is 2.44. The number of aliphatic hydroxyl groups is 1. The lowest BCUT2D eigenvalue weighted by Crippen LogP contribution is -2.47. The zero-order valence-electron chi connectivity index (χ0n) is 16.3. The maximum Gasteiger partial charge on any atom is 0.431 e. The Balaban J connectivity index is 1.58. The van der Waals surface area contributed by atoms with E-state index in [1.165, 1.54) is 12.3 Å². The summed E-state index contributed by atoms with van der Waals surface area (Å²) in [7, 11) is 0. The molecule has 0 unspecified atom stereocenters. The van der Waals surface area contributed by atoms with E-state index in [-0.39, 0.29) is 41.8 Å². The van der Waals surface area contributed by atoms with Crippen LogP contribution in [-0.2, 0) is 11.0 Å². The van der Waals surface area contributed by atoms with Crippen LogP contribution >= 0.6 is 0 Å². The molecular weight excluding hydrogens is 387 g/mol. The average molecular weight is 411 g/mol. The molecule has 9 heteroatoms. The molecule has 1 saturated heterocycles. The van der Waals surface area contributed by atoms with Crippen molar-refractivity contribution in [3.63, 3.8) is 0 Å². The van der Waals surface area contributed by atoms with E-state index in [2.05, 4.69) is 10.3 Å². The van der Waals surface area contributed by atoms with E-state index in [9.17, 15) is 23.1 Å². The average Bonchev–Trinajstić information content (AvgIpc) is 2.98. The van der Waals surface area contributed by atoms with Gasteiger partial charge in [0.2, 0.25) is 0 Å². The number of fused-ring (bicyclic) bond motifs is 1. The second-order valence-corrected chi connectivity index (χ2v) is 8.59. The summed E-state index contributed by atoms with van der Waals surface area (Å²) in [5.41, 5.74) is -0.968. The van der Waals surface area contributed by atoms with Gasteiger partial charge in [-0.3, -0.25) is 9.20 Å². The smallest absolute Gasteiger partial charge is 0.431 e. The predicted molar refractivity (Wildman–Crippen MR) is 98.9 cm³/mol. The summed E-state index contributed by atoms with van der Waals surface area (Å²) < 4.78 is 47.5. The zero-order chi connectivity index (χ0) is 21.0. The number of nitrogens with zero attached hydrogens (tertiary/aromatic N) is 2. The van der Waals surface area contributed by atoms with Gasteiger partial charge in [0.05, 0.1) is 11.3 Å². The van der Waals surface area contributed by atoms with Gasteiger partial charge in [0.15, 0.2) is 0 Å². The van der Waals surface area contributed by atoms with Gasteiger partial charge in [-0.2, -0.15) is 13.2 Å². The van der Waals surface area contributed by atoms with Crippen molar-refractivity contribution in [3.05, 3.63) is 29.7 Å². The number of halogens is 3. The molecule has 0 radical (unpaired) electrons. The molecule has 1 saturated carbocycles. The third kappa shape index (κ3) is 4.25. The molecule has 2 N–H and O–H groups in total. The molecule has 0 spiro atoms. The van der Waals surface area contributed by atoms with Crippen LogP contribution in [0.15, 0.2) is 18.3 Å². The first-order chi connectivity index (χ1) is 13.5. The Morgan fingerprint density at radius 2 is 2.07 bits per heavy atom. The fourth-order valence-corrected chi connectivity index (χ4v) is 4.31. The van der Waals surface area contributed by atoms with E-state index in [4.69, 9.17) is 4.74 Å². The first-order valence-electron chi connectivity index (χ1n) is 9.73. The van der Waals surface area contributed by atoms with Gasteiger partial charge >= 0.3 is 6.18 Å². The lowest BCUT2D eigenvalue weighted by Gasteiger charge is -2.39. The van der Waals surface area contributed by atoms with Crippen molar-refractivity contribution in [1.29, 1.82) is 0 Å². The Bertz CT molecular complexity index is 930. The van der Waals surface area contributed by atoms with Gasteiger partial charge in [0.1, 0.15) is 29.5 Å². The molecule has 1 aliphatic heterocycles. The molecule has 1 aliphatic carbocycles. The third-order valence-electron chi connectivity index (χ3n) is 5.62. The minimum Gasteiger partial charge on any atom is -0.492 e. The topological polar surface area (TPSA) is 75.9 Å². The van der Waals surface area contributed by atoms with Crippen molar-refractivity contribution in [3.8, 4) is 5.75 Å². The SMILES string of the molecule is C[C@H]1CC(=O)C[C@@H](COc2cc(C(F)(F)F)n3cc(C4CC(C)(O)C4)nc3c2)N1. The minimum atomic E-state index is -4.58. The van der Waals surface area contributed by atoms with Crippen LogP contribution in [0.25, 0.3) is 5.65 Å². The first kappa shape index (κ1) is 20.2. The van der Waals surface area contributed by atoms with Crippen molar-refractivity contribution in [2.75, 3.05) is 6.61 Å². The molecule has 4 rings (SSSR count). The Kier molecular flexibility index (Phi) is 4.85. The van der Waals surface area contributed by atoms with Crippen molar-refractivity contribution in [1.82, 2.24) is 14.7 Å². The number of carbonyl (C=O) groups excluding carboxylic acids is 1. The van der Waals surface area contributed by atoms with Crippen LogP contribution in [0.4, 0.5) is 13.2 Å². The molecule has 0 aromatic carbocycles. The number of piperidine rings is 1. The summed E-state index contributed by atoms with van der Waals surface area (Å²) in [6.07, 6.45) is -1.49. The van der Waals surface area contributed by atoms with Crippen molar-refractivity contribution in [2.24, 2.45) is 0 Å². The summed E-state index contributed by atoms with van der Waals surface area (Å²) >= 11 is 0. The van der Waals surface area contributed by atoms with E-state index in [0.29, 0.717) is 31.4 Å². The Labute approximate surface area is 166 Å². The first-order valence-corrected chi connectivity index (χ1v) is 9.73. The molecular formula is C20H24F3N3O3. The van der Waals surface area contributed by atoms with Crippen molar-refractivity contribution in [2.45, 2.75) is 69.3 Å². The Morgan fingerprint density at radius 3 is 2.69 bits per heavy atom. The number of hydrogen-bond donors (Lipinski definition) is 2. The third-order valence-corrected chi connectivity index (χ3v) is 5.62. The van der Waals surface area contributed by atoms with Crippen LogP contribution in [0.3, 0.4) is 0 Å². The summed E-state index contributed by atoms with van der Waals surface area (Å²) in [5, 5.41) is 13.1. The summed E-state index contributed by atoms with van der Waals surface area (Å²) in [6, 6.07) is 2.23. The second kappa shape index (κ2) is 6.98. The Hall–Kier alpha value is -2.13. The largest absolute Gasteiger partial charge is 0.492 e.